The number of benzene rings is 8. The van der Waals surface area contributed by atoms with Crippen molar-refractivity contribution in [2.45, 2.75) is 151 Å². The number of carbonyl (C=O) groups excluding carboxylic acids is 2. The van der Waals surface area contributed by atoms with Crippen molar-refractivity contribution < 1.29 is 69.5 Å². The molecule has 3 atom stereocenters. The molecule has 0 aliphatic rings. The molecule has 19 nitrogen and oxygen atoms in total. The Bertz CT molecular complexity index is 6990. The molecule has 0 aliphatic carbocycles. The van der Waals surface area contributed by atoms with E-state index < -0.39 is 72.3 Å². The van der Waals surface area contributed by atoms with Crippen molar-refractivity contribution in [3.05, 3.63) is 247 Å². The van der Waals surface area contributed by atoms with Gasteiger partial charge in [-0.05, 0) is 227 Å². The van der Waals surface area contributed by atoms with E-state index in [-0.39, 0.29) is 51.7 Å². The molecular formula is C98H88Cl4F6N10O9S3. The zero-order valence-electron chi connectivity index (χ0n) is 73.3. The van der Waals surface area contributed by atoms with Crippen LogP contribution in [-0.4, -0.2) is 102 Å². The summed E-state index contributed by atoms with van der Waals surface area (Å²) in [6.07, 6.45) is -4.73. The summed E-state index contributed by atoms with van der Waals surface area (Å²) in [6, 6.07) is 43.1. The molecule has 32 heteroatoms. The molecule has 0 fully saturated rings. The first kappa shape index (κ1) is 95.0. The van der Waals surface area contributed by atoms with Gasteiger partial charge in [-0.3, -0.25) is 19.3 Å². The molecule has 0 unspecified atom stereocenters. The Morgan fingerprint density at radius 3 is 1.02 bits per heavy atom. The molecule has 0 radical (unpaired) electrons. The van der Waals surface area contributed by atoms with Crippen LogP contribution >= 0.6 is 80.4 Å². The van der Waals surface area contributed by atoms with Crippen molar-refractivity contribution in [2.75, 3.05) is 13.2 Å². The Hall–Kier alpha value is -11.2. The van der Waals surface area contributed by atoms with E-state index in [1.165, 1.54) is 52.5 Å². The average Bonchev–Trinajstić information content (AvgIpc) is 1.58. The van der Waals surface area contributed by atoms with Gasteiger partial charge in [0.25, 0.3) is 19.3 Å². The Morgan fingerprint density at radius 1 is 0.408 bits per heavy atom. The molecule has 0 spiro atoms. The SMILES string of the molecule is CCOC(=O)[C@@H](OC(C)(C)C)c1c(C)cc2nc(-c3cc(-c4ccc5c(cnn5C)c4)ncc3C(F)F)sc2c1-c1ccc(Cl)cc1.CCOC(=O)[C@@H](OC(C)(C)C)c1c(C)cc2nc(-c3cc(Cl)ncc3C(F)F)sc2c1-c1ccc(Cl)cc1.Cc1cc2nc(-c3cc(-c4ccc5c(cnn5C)c4)ncc3C(F)F)sc2c(-c2ccc(Cl)cc2)c1[C@H](OC(C)(C)C)C(=O)O. The smallest absolute Gasteiger partial charge is 0.339 e. The first-order valence-electron chi connectivity index (χ1n) is 41.1. The number of hydrogen-bond donors (Lipinski definition) is 1. The van der Waals surface area contributed by atoms with E-state index in [0.29, 0.717) is 117 Å². The van der Waals surface area contributed by atoms with Crippen LogP contribution in [0.4, 0.5) is 26.3 Å². The molecule has 8 aromatic carbocycles. The molecule has 130 heavy (non-hydrogen) atoms. The van der Waals surface area contributed by atoms with E-state index in [4.69, 9.17) is 85.0 Å². The minimum absolute atomic E-state index is 0.0828. The van der Waals surface area contributed by atoms with Crippen LogP contribution in [0.1, 0.15) is 164 Å². The number of ether oxygens (including phenoxy) is 5. The van der Waals surface area contributed by atoms with Crippen LogP contribution < -0.4 is 0 Å². The predicted octanol–water partition coefficient (Wildman–Crippen LogP) is 28.3. The highest BCUT2D eigenvalue weighted by Gasteiger charge is 2.38. The van der Waals surface area contributed by atoms with Crippen molar-refractivity contribution in [3.8, 4) is 87.6 Å². The number of carbonyl (C=O) groups is 3. The van der Waals surface area contributed by atoms with E-state index in [0.717, 1.165) is 61.4 Å². The van der Waals surface area contributed by atoms with Crippen molar-refractivity contribution in [1.82, 2.24) is 49.5 Å². The predicted molar refractivity (Wildman–Crippen MR) is 505 cm³/mol. The first-order valence-corrected chi connectivity index (χ1v) is 45.0. The summed E-state index contributed by atoms with van der Waals surface area (Å²) in [5.41, 5.74) is 12.2. The number of carboxylic acids is 1. The minimum atomic E-state index is -2.79. The lowest BCUT2D eigenvalue weighted by molar-refractivity contribution is -0.167. The number of rotatable bonds is 22. The third kappa shape index (κ3) is 20.8. The number of aryl methyl sites for hydroxylation is 5. The number of alkyl halides is 6. The zero-order valence-corrected chi connectivity index (χ0v) is 78.8. The molecule has 0 bridgehead atoms. The van der Waals surface area contributed by atoms with E-state index >= 15 is 0 Å². The van der Waals surface area contributed by atoms with Crippen molar-refractivity contribution in [3.63, 3.8) is 0 Å². The van der Waals surface area contributed by atoms with Gasteiger partial charge in [-0.1, -0.05) is 94.9 Å². The van der Waals surface area contributed by atoms with Gasteiger partial charge in [0.15, 0.2) is 18.3 Å². The number of carboxylic acid groups (broad SMARTS) is 1. The second kappa shape index (κ2) is 38.7. The van der Waals surface area contributed by atoms with Crippen LogP contribution in [0.2, 0.25) is 20.2 Å². The highest BCUT2D eigenvalue weighted by atomic mass is 35.5. The lowest BCUT2D eigenvalue weighted by Gasteiger charge is -2.29. The van der Waals surface area contributed by atoms with Gasteiger partial charge in [-0.2, -0.15) is 10.2 Å². The maximum absolute atomic E-state index is 14.5. The molecule has 0 saturated heterocycles. The first-order chi connectivity index (χ1) is 61.5. The molecule has 16 aromatic rings. The third-order valence-corrected chi connectivity index (χ3v) is 25.2. The van der Waals surface area contributed by atoms with Crippen LogP contribution in [0.5, 0.6) is 0 Å². The topological polar surface area (TPSA) is 231 Å². The quantitative estimate of drug-likeness (QED) is 0.0378. The number of nitrogens with zero attached hydrogens (tertiary/aromatic N) is 10. The average molecular weight is 1900 g/mol. The van der Waals surface area contributed by atoms with Gasteiger partial charge in [-0.25, -0.2) is 60.7 Å². The molecule has 0 saturated carbocycles. The van der Waals surface area contributed by atoms with Gasteiger partial charge in [-0.15, -0.1) is 34.0 Å². The lowest BCUT2D eigenvalue weighted by atomic mass is 9.91. The van der Waals surface area contributed by atoms with Crippen LogP contribution in [0.15, 0.2) is 177 Å². The Morgan fingerprint density at radius 2 is 0.708 bits per heavy atom. The van der Waals surface area contributed by atoms with Crippen molar-refractivity contribution >= 4 is 151 Å². The fourth-order valence-corrected chi connectivity index (χ4v) is 19.3. The molecule has 16 rings (SSSR count). The molecule has 0 amide bonds. The zero-order chi connectivity index (χ0) is 93.6. The Kier molecular flexibility index (Phi) is 28.3. The van der Waals surface area contributed by atoms with E-state index in [1.807, 2.05) is 142 Å². The Balaban J connectivity index is 0.000000158. The monoisotopic (exact) mass is 1900 g/mol. The maximum atomic E-state index is 14.5. The number of aliphatic carboxylic acids is 1. The van der Waals surface area contributed by atoms with Gasteiger partial charge in [0.1, 0.15) is 20.2 Å². The fourth-order valence-electron chi connectivity index (χ4n) is 15.3. The van der Waals surface area contributed by atoms with Crippen LogP contribution in [0.3, 0.4) is 0 Å². The molecule has 672 valence electrons. The summed E-state index contributed by atoms with van der Waals surface area (Å²) in [7, 11) is 3.71. The number of halogens is 10. The van der Waals surface area contributed by atoms with Crippen LogP contribution in [0, 0.1) is 20.8 Å². The highest BCUT2D eigenvalue weighted by molar-refractivity contribution is 7.23. The molecule has 0 aliphatic heterocycles. The number of fused-ring (bicyclic) bond motifs is 5. The summed E-state index contributed by atoms with van der Waals surface area (Å²) in [5.74, 6) is -2.18. The summed E-state index contributed by atoms with van der Waals surface area (Å²) in [5, 5.41) is 23.6. The Labute approximate surface area is 777 Å². The largest absolute Gasteiger partial charge is 0.479 e. The minimum Gasteiger partial charge on any atom is -0.479 e. The second-order valence-electron chi connectivity index (χ2n) is 33.6. The van der Waals surface area contributed by atoms with E-state index in [9.17, 15) is 45.8 Å². The van der Waals surface area contributed by atoms with Gasteiger partial charge in [0.2, 0.25) is 0 Å². The molecule has 8 heterocycles. The summed E-state index contributed by atoms with van der Waals surface area (Å²) < 4.78 is 121. The van der Waals surface area contributed by atoms with Gasteiger partial charge in [0, 0.05) is 136 Å². The lowest BCUT2D eigenvalue weighted by Crippen LogP contribution is -2.29. The summed E-state index contributed by atoms with van der Waals surface area (Å²) in [6.45, 7) is 26.0. The number of thiazole rings is 3. The fraction of sp³-hybridized carbons (Fsp3) is 0.276. The highest BCUT2D eigenvalue weighted by Crippen LogP contribution is 2.51. The maximum Gasteiger partial charge on any atom is 0.339 e. The summed E-state index contributed by atoms with van der Waals surface area (Å²) >= 11 is 28.4. The third-order valence-electron chi connectivity index (χ3n) is 20.9. The molecule has 1 N–H and O–H groups in total. The normalized spacial score (nSPS) is 12.8. The second-order valence-corrected chi connectivity index (χ2v) is 38.3. The van der Waals surface area contributed by atoms with Gasteiger partial charge >= 0.3 is 17.9 Å². The standard InChI is InChI=1S/C36H33ClF2N4O3S.C34H29ClF2N4O3S.C28H26Cl2F2N2O3S/c1-7-45-35(44)31(46-36(3,4)5)29-19(2)14-27-32(30(29)20-8-11-23(37)12-9-20)47-34(42-27)24-16-26(40-18-25(24)33(38)39)21-10-13-28-22(15-21)17-41-43(28)6;1-17-12-25-30(28(18-6-9-21(35)10-7-18)27(17)29(33(42)43)44-34(2,3)4)45-32(40-25)22-14-24(38-16-23(22)31(36)37)19-8-11-26-20(13-19)15-39-41(26)5;1-6-36-27(35)23(37-28(3,4)5)21-14(2)11-19-24(22(21)15-7-9-16(29)10-8-15)38-26(34-19)17-12-20(30)33-13-18(17)25(31)32/h8-18,31,33H,7H2,1-6H3;6-16,29,31H,1-5H3,(H,42,43);7-13,23,25H,6H2,1-5H3/t31-;29-;23-/m000/s1. The van der Waals surface area contributed by atoms with E-state index in [2.05, 4.69) is 25.1 Å². The van der Waals surface area contributed by atoms with Crippen molar-refractivity contribution in [2.24, 2.45) is 14.1 Å². The van der Waals surface area contributed by atoms with Crippen LogP contribution in [-0.2, 0) is 52.2 Å². The van der Waals surface area contributed by atoms with E-state index in [1.54, 1.807) is 130 Å². The van der Waals surface area contributed by atoms with Gasteiger partial charge in [0.05, 0.1) is 95.5 Å². The summed E-state index contributed by atoms with van der Waals surface area (Å²) in [4.78, 5) is 66.4. The number of aromatic nitrogens is 10. The molecule has 8 aromatic heterocycles. The number of pyridine rings is 3. The number of hydrogen-bond acceptors (Lipinski definition) is 19. The van der Waals surface area contributed by atoms with Gasteiger partial charge < -0.3 is 28.8 Å². The molecular weight excluding hydrogens is 1810 g/mol. The van der Waals surface area contributed by atoms with Crippen LogP contribution in [0.25, 0.3) is 140 Å². The van der Waals surface area contributed by atoms with Crippen molar-refractivity contribution in [1.29, 1.82) is 0 Å². The number of esters is 2.